The second-order valence-corrected chi connectivity index (χ2v) is 7.01. The number of unbranched alkanes of at least 4 members (excludes halogenated alkanes) is 1. The lowest BCUT2D eigenvalue weighted by Crippen LogP contribution is -2.64. The maximum absolute atomic E-state index is 8.41. The van der Waals surface area contributed by atoms with Gasteiger partial charge in [-0.1, -0.05) is 43.7 Å². The van der Waals surface area contributed by atoms with Crippen molar-refractivity contribution in [3.05, 3.63) is 42.3 Å². The Morgan fingerprint density at radius 3 is 2.92 bits per heavy atom. The van der Waals surface area contributed by atoms with Crippen LogP contribution in [0.1, 0.15) is 38.2 Å². The van der Waals surface area contributed by atoms with Crippen molar-refractivity contribution in [2.24, 2.45) is 0 Å². The first-order valence-electron chi connectivity index (χ1n) is 9.58. The summed E-state index contributed by atoms with van der Waals surface area (Å²) in [4.78, 5) is 8.11. The van der Waals surface area contributed by atoms with Gasteiger partial charge in [0.05, 0.1) is 11.6 Å². The Kier molecular flexibility index (Phi) is 6.59. The molecule has 2 fully saturated rings. The summed E-state index contributed by atoms with van der Waals surface area (Å²) in [6.07, 6.45) is 8.58. The van der Waals surface area contributed by atoms with Gasteiger partial charge in [0.2, 0.25) is 0 Å². The van der Waals surface area contributed by atoms with E-state index in [0.717, 1.165) is 45.4 Å². The number of likely N-dealkylation sites (tertiary alicyclic amines) is 1. The molecule has 3 atom stereocenters. The van der Waals surface area contributed by atoms with Crippen LogP contribution in [0.15, 0.2) is 30.3 Å². The van der Waals surface area contributed by atoms with Gasteiger partial charge in [0.25, 0.3) is 0 Å². The van der Waals surface area contributed by atoms with Crippen molar-refractivity contribution in [3.8, 4) is 0 Å². The molecule has 0 aromatic heterocycles. The van der Waals surface area contributed by atoms with Gasteiger partial charge in [0.15, 0.2) is 0 Å². The monoisotopic (exact) mass is 343 g/mol. The molecule has 1 radical (unpaired) electrons. The van der Waals surface area contributed by atoms with Crippen LogP contribution in [-0.4, -0.2) is 49.4 Å². The molecule has 5 nitrogen and oxygen atoms in total. The highest BCUT2D eigenvalue weighted by molar-refractivity contribution is 5.73. The quantitative estimate of drug-likeness (QED) is 0.501. The molecule has 137 valence electrons. The fraction of sp³-hybridized carbons (Fsp3) is 0.600. The number of nitrogens with zero attached hydrogens (tertiary/aromatic N) is 1. The summed E-state index contributed by atoms with van der Waals surface area (Å²) in [6.45, 7) is 5.90. The number of benzene rings is 1. The summed E-state index contributed by atoms with van der Waals surface area (Å²) in [7, 11) is 0. The standard InChI is InChI=1S/C20H31N4O/c1-2-3-12-22-19-10-7-14-24(15-18-11-13-23-25-18)20(19,16-21)17-8-5-4-6-9-17/h4-6,8-10,16,18-19,21-23H,2-3,7,11-15H2,1H3. The highest BCUT2D eigenvalue weighted by Crippen LogP contribution is 2.36. The van der Waals surface area contributed by atoms with Crippen molar-refractivity contribution in [3.63, 3.8) is 0 Å². The molecule has 25 heavy (non-hydrogen) atoms. The van der Waals surface area contributed by atoms with Gasteiger partial charge in [-0.15, -0.1) is 0 Å². The normalized spacial score (nSPS) is 30.4. The lowest BCUT2D eigenvalue weighted by molar-refractivity contribution is -0.0142. The number of hydrogen-bond donors (Lipinski definition) is 3. The third-order valence-electron chi connectivity index (χ3n) is 5.39. The summed E-state index contributed by atoms with van der Waals surface area (Å²) in [5.74, 6) is 0. The van der Waals surface area contributed by atoms with E-state index in [1.165, 1.54) is 12.0 Å². The largest absolute Gasteiger partial charge is 0.311 e. The molecule has 2 aliphatic rings. The first kappa shape index (κ1) is 18.5. The molecule has 5 heteroatoms. The van der Waals surface area contributed by atoms with Gasteiger partial charge in [-0.25, -0.2) is 5.48 Å². The molecule has 1 aromatic carbocycles. The SMILES string of the molecule is CCCCNC1[CH]CCN(CC2CCNO2)C1(C=N)c1ccccc1. The molecule has 1 aromatic rings. The fourth-order valence-corrected chi connectivity index (χ4v) is 4.04. The smallest absolute Gasteiger partial charge is 0.0970 e. The van der Waals surface area contributed by atoms with Crippen LogP contribution in [0.5, 0.6) is 0 Å². The predicted molar refractivity (Wildman–Crippen MR) is 102 cm³/mol. The highest BCUT2D eigenvalue weighted by Gasteiger charge is 2.47. The first-order valence-corrected chi connectivity index (χ1v) is 9.58. The Labute approximate surface area is 151 Å². The van der Waals surface area contributed by atoms with E-state index in [-0.39, 0.29) is 12.1 Å². The zero-order valence-electron chi connectivity index (χ0n) is 15.2. The van der Waals surface area contributed by atoms with Crippen LogP contribution in [-0.2, 0) is 10.4 Å². The van der Waals surface area contributed by atoms with E-state index < -0.39 is 5.54 Å². The average Bonchev–Trinajstić information content (AvgIpc) is 3.16. The van der Waals surface area contributed by atoms with Gasteiger partial charge in [-0.05, 0) is 44.3 Å². The van der Waals surface area contributed by atoms with Crippen LogP contribution in [0.4, 0.5) is 0 Å². The summed E-state index contributed by atoms with van der Waals surface area (Å²) in [6, 6.07) is 10.6. The molecule has 0 aliphatic carbocycles. The van der Waals surface area contributed by atoms with Gasteiger partial charge in [-0.2, -0.15) is 0 Å². The minimum atomic E-state index is -0.445. The third kappa shape index (κ3) is 3.95. The summed E-state index contributed by atoms with van der Waals surface area (Å²) in [5.41, 5.74) is 3.73. The lowest BCUT2D eigenvalue weighted by Gasteiger charge is -2.51. The van der Waals surface area contributed by atoms with E-state index in [4.69, 9.17) is 10.2 Å². The average molecular weight is 343 g/mol. The maximum atomic E-state index is 8.41. The second kappa shape index (κ2) is 8.90. The van der Waals surface area contributed by atoms with Crippen molar-refractivity contribution < 1.29 is 4.84 Å². The van der Waals surface area contributed by atoms with Gasteiger partial charge >= 0.3 is 0 Å². The van der Waals surface area contributed by atoms with Crippen molar-refractivity contribution in [1.82, 2.24) is 15.7 Å². The number of rotatable bonds is 8. The van der Waals surface area contributed by atoms with Gasteiger partial charge in [0, 0.05) is 25.3 Å². The van der Waals surface area contributed by atoms with Gasteiger partial charge in [-0.3, -0.25) is 9.74 Å². The maximum Gasteiger partial charge on any atom is 0.0970 e. The first-order chi connectivity index (χ1) is 12.3. The van der Waals surface area contributed by atoms with E-state index in [1.54, 1.807) is 6.21 Å². The van der Waals surface area contributed by atoms with Crippen LogP contribution in [0, 0.1) is 11.8 Å². The number of piperidine rings is 1. The Bertz CT molecular complexity index is 532. The molecular formula is C20H31N4O. The number of hydrogen-bond acceptors (Lipinski definition) is 5. The second-order valence-electron chi connectivity index (χ2n) is 7.01. The molecular weight excluding hydrogens is 312 g/mol. The van der Waals surface area contributed by atoms with Crippen LogP contribution < -0.4 is 10.8 Å². The number of hydroxylamine groups is 1. The topological polar surface area (TPSA) is 60.4 Å². The molecule has 0 saturated carbocycles. The third-order valence-corrected chi connectivity index (χ3v) is 5.39. The van der Waals surface area contributed by atoms with E-state index in [9.17, 15) is 0 Å². The van der Waals surface area contributed by atoms with E-state index in [0.29, 0.717) is 0 Å². The van der Waals surface area contributed by atoms with Crippen molar-refractivity contribution >= 4 is 6.21 Å². The zero-order valence-corrected chi connectivity index (χ0v) is 15.2. The van der Waals surface area contributed by atoms with E-state index in [1.807, 2.05) is 6.07 Å². The molecule has 2 heterocycles. The summed E-state index contributed by atoms with van der Waals surface area (Å²) < 4.78 is 0. The Morgan fingerprint density at radius 1 is 1.40 bits per heavy atom. The van der Waals surface area contributed by atoms with E-state index in [2.05, 4.69) is 53.3 Å². The molecule has 2 saturated heterocycles. The van der Waals surface area contributed by atoms with Gasteiger partial charge in [0.1, 0.15) is 0 Å². The molecule has 3 N–H and O–H groups in total. The predicted octanol–water partition coefficient (Wildman–Crippen LogP) is 2.49. The van der Waals surface area contributed by atoms with Crippen molar-refractivity contribution in [2.45, 2.75) is 50.3 Å². The van der Waals surface area contributed by atoms with Crippen molar-refractivity contribution in [2.75, 3.05) is 26.2 Å². The molecule has 3 unspecified atom stereocenters. The van der Waals surface area contributed by atoms with E-state index >= 15 is 0 Å². The molecule has 0 spiro atoms. The van der Waals surface area contributed by atoms with Gasteiger partial charge < -0.3 is 10.7 Å². The Hall–Kier alpha value is -1.27. The zero-order chi connectivity index (χ0) is 17.5. The van der Waals surface area contributed by atoms with Crippen LogP contribution in [0.2, 0.25) is 0 Å². The minimum Gasteiger partial charge on any atom is -0.311 e. The minimum absolute atomic E-state index is 0.141. The molecule has 0 bridgehead atoms. The summed E-state index contributed by atoms with van der Waals surface area (Å²) in [5, 5.41) is 12.1. The molecule has 3 rings (SSSR count). The fourth-order valence-electron chi connectivity index (χ4n) is 4.04. The molecule has 0 amide bonds. The Morgan fingerprint density at radius 2 is 2.24 bits per heavy atom. The Balaban J connectivity index is 1.89. The number of nitrogens with one attached hydrogen (secondary N) is 3. The highest BCUT2D eigenvalue weighted by atomic mass is 16.7. The van der Waals surface area contributed by atoms with Crippen LogP contribution >= 0.6 is 0 Å². The van der Waals surface area contributed by atoms with Crippen LogP contribution in [0.25, 0.3) is 0 Å². The van der Waals surface area contributed by atoms with Crippen molar-refractivity contribution in [1.29, 1.82) is 5.41 Å². The lowest BCUT2D eigenvalue weighted by atomic mass is 9.76. The summed E-state index contributed by atoms with van der Waals surface area (Å²) >= 11 is 0. The molecule has 2 aliphatic heterocycles. The van der Waals surface area contributed by atoms with Crippen LogP contribution in [0.3, 0.4) is 0 Å².